The Labute approximate surface area is 157 Å². The van der Waals surface area contributed by atoms with Crippen molar-refractivity contribution >= 4 is 11.6 Å². The van der Waals surface area contributed by atoms with E-state index >= 15 is 0 Å². The average Bonchev–Trinajstić information content (AvgIpc) is 2.67. The molecular formula is C22H18ClN3. The molecule has 2 aromatic carbocycles. The number of benzene rings is 2. The zero-order valence-electron chi connectivity index (χ0n) is 14.3. The number of halogens is 1. The summed E-state index contributed by atoms with van der Waals surface area (Å²) in [5, 5.41) is 0.240. The minimum atomic E-state index is 0.240. The molecule has 3 fully saturated rings. The monoisotopic (exact) mass is 359 g/mol. The van der Waals surface area contributed by atoms with E-state index in [1.54, 1.807) is 0 Å². The summed E-state index contributed by atoms with van der Waals surface area (Å²) in [5.41, 5.74) is 3.89. The molecule has 6 rings (SSSR count). The van der Waals surface area contributed by atoms with Crippen LogP contribution in [0.4, 0.5) is 0 Å². The molecule has 0 bridgehead atoms. The van der Waals surface area contributed by atoms with Gasteiger partial charge in [-0.05, 0) is 65.7 Å². The highest BCUT2D eigenvalue weighted by molar-refractivity contribution is 6.28. The highest BCUT2D eigenvalue weighted by Gasteiger charge is 2.71. The Morgan fingerprint density at radius 2 is 1.50 bits per heavy atom. The van der Waals surface area contributed by atoms with Crippen LogP contribution in [0.25, 0.3) is 22.8 Å². The van der Waals surface area contributed by atoms with Crippen molar-refractivity contribution in [1.82, 2.24) is 15.0 Å². The number of hydrogen-bond donors (Lipinski definition) is 0. The summed E-state index contributed by atoms with van der Waals surface area (Å²) in [7, 11) is 0. The number of rotatable bonds is 3. The highest BCUT2D eigenvalue weighted by Crippen LogP contribution is 2.77. The van der Waals surface area contributed by atoms with Gasteiger partial charge in [-0.15, -0.1) is 0 Å². The minimum absolute atomic E-state index is 0.240. The van der Waals surface area contributed by atoms with E-state index in [1.807, 2.05) is 30.3 Å². The van der Waals surface area contributed by atoms with Crippen molar-refractivity contribution in [2.24, 2.45) is 17.8 Å². The van der Waals surface area contributed by atoms with Gasteiger partial charge in [0.05, 0.1) is 0 Å². The molecule has 2 unspecified atom stereocenters. The van der Waals surface area contributed by atoms with Gasteiger partial charge < -0.3 is 0 Å². The molecule has 1 heterocycles. The van der Waals surface area contributed by atoms with Crippen LogP contribution < -0.4 is 0 Å². The lowest BCUT2D eigenvalue weighted by Gasteiger charge is -2.76. The maximum atomic E-state index is 6.21. The molecule has 4 atom stereocenters. The van der Waals surface area contributed by atoms with Crippen molar-refractivity contribution < 1.29 is 0 Å². The summed E-state index contributed by atoms with van der Waals surface area (Å²) in [6, 6.07) is 18.7. The molecule has 3 aliphatic carbocycles. The summed E-state index contributed by atoms with van der Waals surface area (Å²) in [6.45, 7) is 0. The fraction of sp³-hybridized carbons (Fsp3) is 0.318. The number of aromatic nitrogens is 3. The summed E-state index contributed by atoms with van der Waals surface area (Å²) in [6.07, 6.45) is 4.20. The average molecular weight is 360 g/mol. The van der Waals surface area contributed by atoms with Crippen molar-refractivity contribution in [3.05, 3.63) is 65.4 Å². The van der Waals surface area contributed by atoms with Crippen LogP contribution >= 0.6 is 11.6 Å². The second kappa shape index (κ2) is 5.14. The van der Waals surface area contributed by atoms with Crippen LogP contribution in [0.2, 0.25) is 5.28 Å². The zero-order chi connectivity index (χ0) is 17.3. The fourth-order valence-electron chi connectivity index (χ4n) is 5.76. The van der Waals surface area contributed by atoms with Crippen LogP contribution in [0.15, 0.2) is 54.6 Å². The largest absolute Gasteiger partial charge is 0.226 e. The maximum absolute atomic E-state index is 6.21. The molecule has 0 radical (unpaired) electrons. The first-order valence-electron chi connectivity index (χ1n) is 9.31. The van der Waals surface area contributed by atoms with Crippen molar-refractivity contribution in [3.63, 3.8) is 0 Å². The predicted octanol–water partition coefficient (Wildman–Crippen LogP) is 5.16. The zero-order valence-corrected chi connectivity index (χ0v) is 15.0. The molecule has 128 valence electrons. The molecule has 3 aromatic rings. The Kier molecular flexibility index (Phi) is 2.94. The van der Waals surface area contributed by atoms with E-state index in [9.17, 15) is 0 Å². The molecule has 1 aromatic heterocycles. The van der Waals surface area contributed by atoms with Gasteiger partial charge in [-0.25, -0.2) is 4.98 Å². The quantitative estimate of drug-likeness (QED) is 0.648. The van der Waals surface area contributed by atoms with E-state index in [1.165, 1.54) is 24.8 Å². The minimum Gasteiger partial charge on any atom is -0.208 e. The smallest absolute Gasteiger partial charge is 0.208 e. The lowest BCUT2D eigenvalue weighted by atomic mass is 9.28. The summed E-state index contributed by atoms with van der Waals surface area (Å²) >= 11 is 6.21. The van der Waals surface area contributed by atoms with Crippen LogP contribution in [0.1, 0.15) is 24.8 Å². The first-order chi connectivity index (χ1) is 12.7. The lowest BCUT2D eigenvalue weighted by molar-refractivity contribution is -0.219. The standard InChI is InChI=1S/C22H18ClN3/c23-21-25-19(13-5-2-1-3-6-13)24-20(26-21)14-7-4-8-17(10-14)22-11-15-9-16(12-22)18(15)22/h1-8,10,15-16,18H,9,11-12H2/t15-,16+,18?,22?. The second-order valence-corrected chi connectivity index (χ2v) is 8.38. The molecule has 0 saturated heterocycles. The van der Waals surface area contributed by atoms with Gasteiger partial charge in [-0.2, -0.15) is 9.97 Å². The number of nitrogens with zero attached hydrogens (tertiary/aromatic N) is 3. The topological polar surface area (TPSA) is 38.7 Å². The first kappa shape index (κ1) is 14.9. The van der Waals surface area contributed by atoms with Crippen LogP contribution in [-0.2, 0) is 5.41 Å². The number of hydrogen-bond acceptors (Lipinski definition) is 3. The van der Waals surface area contributed by atoms with Crippen molar-refractivity contribution in [1.29, 1.82) is 0 Å². The van der Waals surface area contributed by atoms with Crippen LogP contribution in [0, 0.1) is 17.8 Å². The Morgan fingerprint density at radius 1 is 0.808 bits per heavy atom. The van der Waals surface area contributed by atoms with E-state index in [-0.39, 0.29) is 5.28 Å². The summed E-state index contributed by atoms with van der Waals surface area (Å²) in [4.78, 5) is 13.4. The molecule has 0 amide bonds. The molecule has 0 spiro atoms. The van der Waals surface area contributed by atoms with Gasteiger partial charge in [0.15, 0.2) is 11.6 Å². The van der Waals surface area contributed by atoms with E-state index in [4.69, 9.17) is 16.6 Å². The summed E-state index contributed by atoms with van der Waals surface area (Å²) in [5.74, 6) is 4.21. The molecule has 3 saturated carbocycles. The van der Waals surface area contributed by atoms with Crippen LogP contribution in [0.5, 0.6) is 0 Å². The van der Waals surface area contributed by atoms with E-state index in [2.05, 4.69) is 34.2 Å². The predicted molar refractivity (Wildman–Crippen MR) is 102 cm³/mol. The molecule has 4 heteroatoms. The van der Waals surface area contributed by atoms with Crippen LogP contribution in [-0.4, -0.2) is 15.0 Å². The second-order valence-electron chi connectivity index (χ2n) is 8.04. The Balaban J connectivity index is 1.40. The van der Waals surface area contributed by atoms with Gasteiger partial charge in [0.1, 0.15) is 0 Å². The Bertz CT molecular complexity index is 1000. The van der Waals surface area contributed by atoms with Crippen molar-refractivity contribution in [2.45, 2.75) is 24.7 Å². The first-order valence-corrected chi connectivity index (χ1v) is 9.69. The van der Waals surface area contributed by atoms with E-state index in [0.717, 1.165) is 28.9 Å². The molecule has 0 N–H and O–H groups in total. The molecule has 26 heavy (non-hydrogen) atoms. The summed E-state index contributed by atoms with van der Waals surface area (Å²) < 4.78 is 0. The highest BCUT2D eigenvalue weighted by atomic mass is 35.5. The third-order valence-electron chi connectivity index (χ3n) is 6.85. The third kappa shape index (κ3) is 1.92. The molecule has 3 aliphatic rings. The van der Waals surface area contributed by atoms with Crippen LogP contribution in [0.3, 0.4) is 0 Å². The van der Waals surface area contributed by atoms with E-state index in [0.29, 0.717) is 17.1 Å². The van der Waals surface area contributed by atoms with Gasteiger partial charge >= 0.3 is 0 Å². The fourth-order valence-corrected chi connectivity index (χ4v) is 5.92. The van der Waals surface area contributed by atoms with Gasteiger partial charge in [-0.3, -0.25) is 0 Å². The molecule has 3 nitrogen and oxygen atoms in total. The Morgan fingerprint density at radius 3 is 2.19 bits per heavy atom. The SMILES string of the molecule is Clc1nc(-c2ccccc2)nc(-c2cccc(C34C[C@H]5C[C@@H](C3)C54)c2)n1. The molecular weight excluding hydrogens is 342 g/mol. The van der Waals surface area contributed by atoms with Crippen molar-refractivity contribution in [3.8, 4) is 22.8 Å². The molecule has 0 aliphatic heterocycles. The normalized spacial score (nSPS) is 30.6. The van der Waals surface area contributed by atoms with Crippen molar-refractivity contribution in [2.75, 3.05) is 0 Å². The van der Waals surface area contributed by atoms with Gasteiger partial charge in [0, 0.05) is 11.1 Å². The maximum Gasteiger partial charge on any atom is 0.226 e. The third-order valence-corrected chi connectivity index (χ3v) is 7.02. The van der Waals surface area contributed by atoms with Gasteiger partial charge in [0.25, 0.3) is 0 Å². The van der Waals surface area contributed by atoms with Gasteiger partial charge in [0.2, 0.25) is 5.28 Å². The lowest BCUT2D eigenvalue weighted by Crippen LogP contribution is -2.71. The van der Waals surface area contributed by atoms with Gasteiger partial charge in [-0.1, -0.05) is 48.5 Å². The van der Waals surface area contributed by atoms with E-state index < -0.39 is 0 Å². The Hall–Kier alpha value is -2.26.